The summed E-state index contributed by atoms with van der Waals surface area (Å²) in [4.78, 5) is 5.34. The Morgan fingerprint density at radius 3 is 2.81 bits per heavy atom. The molecule has 1 aliphatic rings. The summed E-state index contributed by atoms with van der Waals surface area (Å²) in [5.41, 5.74) is 6.21. The van der Waals surface area contributed by atoms with Gasteiger partial charge in [0.2, 0.25) is 0 Å². The van der Waals surface area contributed by atoms with Crippen molar-refractivity contribution in [2.24, 2.45) is 11.7 Å². The zero-order valence-electron chi connectivity index (χ0n) is 9.80. The third-order valence-corrected chi connectivity index (χ3v) is 4.86. The molecule has 0 bridgehead atoms. The fraction of sp³-hybridized carbons (Fsp3) is 0.615. The lowest BCUT2D eigenvalue weighted by Crippen LogP contribution is -2.38. The molecule has 1 saturated carbocycles. The zero-order chi connectivity index (χ0) is 11.4. The van der Waals surface area contributed by atoms with Gasteiger partial charge in [-0.25, -0.2) is 0 Å². The highest BCUT2D eigenvalue weighted by atomic mass is 32.2. The third-order valence-electron chi connectivity index (χ3n) is 3.47. The number of aromatic nitrogens is 1. The first-order valence-corrected chi connectivity index (χ1v) is 6.99. The fourth-order valence-electron chi connectivity index (χ4n) is 2.33. The quantitative estimate of drug-likeness (QED) is 0.876. The van der Waals surface area contributed by atoms with Gasteiger partial charge in [0.05, 0.1) is 0 Å². The molecule has 0 aliphatic heterocycles. The summed E-state index contributed by atoms with van der Waals surface area (Å²) in [6, 6.07) is 4.51. The molecule has 2 N–H and O–H groups in total. The second kappa shape index (κ2) is 5.69. The van der Waals surface area contributed by atoms with Crippen LogP contribution in [-0.2, 0) is 0 Å². The standard InChI is InChI=1S/C13H20N2S/c1-2-10-3-4-12(14)13(9-10)16-11-5-7-15-8-6-11/h5-8,10,12-13H,2-4,9,14H2,1H3. The zero-order valence-corrected chi connectivity index (χ0v) is 10.6. The Morgan fingerprint density at radius 2 is 2.12 bits per heavy atom. The van der Waals surface area contributed by atoms with Gasteiger partial charge in [-0.2, -0.15) is 0 Å². The third kappa shape index (κ3) is 2.98. The molecule has 1 aromatic heterocycles. The van der Waals surface area contributed by atoms with Crippen LogP contribution in [0.15, 0.2) is 29.4 Å². The van der Waals surface area contributed by atoms with Gasteiger partial charge in [0.15, 0.2) is 0 Å². The maximum absolute atomic E-state index is 6.21. The summed E-state index contributed by atoms with van der Waals surface area (Å²) in [5.74, 6) is 0.874. The lowest BCUT2D eigenvalue weighted by Gasteiger charge is -2.33. The first kappa shape index (κ1) is 11.9. The molecule has 1 aliphatic carbocycles. The minimum Gasteiger partial charge on any atom is -0.327 e. The van der Waals surface area contributed by atoms with Gasteiger partial charge < -0.3 is 5.73 Å². The lowest BCUT2D eigenvalue weighted by molar-refractivity contribution is 0.327. The number of rotatable bonds is 3. The van der Waals surface area contributed by atoms with Crippen LogP contribution in [0.5, 0.6) is 0 Å². The van der Waals surface area contributed by atoms with Crippen molar-refractivity contribution in [3.05, 3.63) is 24.5 Å². The minimum absolute atomic E-state index is 0.362. The van der Waals surface area contributed by atoms with Gasteiger partial charge in [-0.15, -0.1) is 11.8 Å². The van der Waals surface area contributed by atoms with Gasteiger partial charge in [0, 0.05) is 28.6 Å². The summed E-state index contributed by atoms with van der Waals surface area (Å²) in [6.45, 7) is 2.29. The Kier molecular flexibility index (Phi) is 4.24. The van der Waals surface area contributed by atoms with Crippen LogP contribution < -0.4 is 5.73 Å². The van der Waals surface area contributed by atoms with E-state index in [1.807, 2.05) is 24.2 Å². The highest BCUT2D eigenvalue weighted by Crippen LogP contribution is 2.36. The van der Waals surface area contributed by atoms with E-state index in [-0.39, 0.29) is 0 Å². The van der Waals surface area contributed by atoms with E-state index in [1.165, 1.54) is 30.6 Å². The Balaban J connectivity index is 1.97. The van der Waals surface area contributed by atoms with Gasteiger partial charge in [-0.05, 0) is 37.3 Å². The molecule has 0 radical (unpaired) electrons. The van der Waals surface area contributed by atoms with Crippen LogP contribution in [0.1, 0.15) is 32.6 Å². The van der Waals surface area contributed by atoms with Crippen molar-refractivity contribution in [2.75, 3.05) is 0 Å². The lowest BCUT2D eigenvalue weighted by atomic mass is 9.84. The fourth-order valence-corrected chi connectivity index (χ4v) is 3.64. The van der Waals surface area contributed by atoms with E-state index in [0.29, 0.717) is 11.3 Å². The summed E-state index contributed by atoms with van der Waals surface area (Å²) >= 11 is 1.93. The molecule has 3 atom stereocenters. The number of thioether (sulfide) groups is 1. The summed E-state index contributed by atoms with van der Waals surface area (Å²) in [5, 5.41) is 0.584. The maximum atomic E-state index is 6.21. The molecular weight excluding hydrogens is 216 g/mol. The second-order valence-corrected chi connectivity index (χ2v) is 5.90. The topological polar surface area (TPSA) is 38.9 Å². The van der Waals surface area contributed by atoms with E-state index in [0.717, 1.165) is 5.92 Å². The largest absolute Gasteiger partial charge is 0.327 e. The van der Waals surface area contributed by atoms with Gasteiger partial charge in [-0.1, -0.05) is 13.3 Å². The Bertz CT molecular complexity index is 315. The SMILES string of the molecule is CCC1CCC(N)C(Sc2ccncc2)C1. The van der Waals surface area contributed by atoms with Crippen LogP contribution in [0.4, 0.5) is 0 Å². The van der Waals surface area contributed by atoms with E-state index in [9.17, 15) is 0 Å². The number of nitrogens with two attached hydrogens (primary N) is 1. The molecule has 0 spiro atoms. The molecule has 1 fully saturated rings. The molecule has 1 heterocycles. The van der Waals surface area contributed by atoms with E-state index in [4.69, 9.17) is 5.73 Å². The molecule has 0 aromatic carbocycles. The predicted octanol–water partition coefficient (Wildman–Crippen LogP) is 3.08. The Morgan fingerprint density at radius 1 is 1.38 bits per heavy atom. The first-order chi connectivity index (χ1) is 7.79. The van der Waals surface area contributed by atoms with Gasteiger partial charge in [-0.3, -0.25) is 4.98 Å². The van der Waals surface area contributed by atoms with Gasteiger partial charge in [0.1, 0.15) is 0 Å². The van der Waals surface area contributed by atoms with E-state index in [2.05, 4.69) is 24.0 Å². The normalized spacial score (nSPS) is 30.2. The van der Waals surface area contributed by atoms with Gasteiger partial charge in [0.25, 0.3) is 0 Å². The number of nitrogens with zero attached hydrogens (tertiary/aromatic N) is 1. The molecule has 2 nitrogen and oxygen atoms in total. The number of hydrogen-bond donors (Lipinski definition) is 1. The van der Waals surface area contributed by atoms with Crippen molar-refractivity contribution in [3.8, 4) is 0 Å². The number of pyridine rings is 1. The molecule has 1 aromatic rings. The summed E-state index contributed by atoms with van der Waals surface area (Å²) in [6.07, 6.45) is 8.76. The van der Waals surface area contributed by atoms with Crippen molar-refractivity contribution in [3.63, 3.8) is 0 Å². The van der Waals surface area contributed by atoms with Crippen LogP contribution in [-0.4, -0.2) is 16.3 Å². The first-order valence-electron chi connectivity index (χ1n) is 6.12. The van der Waals surface area contributed by atoms with Crippen molar-refractivity contribution in [2.45, 2.75) is 48.8 Å². The Hall–Kier alpha value is -0.540. The van der Waals surface area contributed by atoms with E-state index < -0.39 is 0 Å². The number of hydrogen-bond acceptors (Lipinski definition) is 3. The van der Waals surface area contributed by atoms with Crippen LogP contribution in [0.2, 0.25) is 0 Å². The molecule has 3 unspecified atom stereocenters. The highest BCUT2D eigenvalue weighted by Gasteiger charge is 2.27. The van der Waals surface area contributed by atoms with Crippen molar-refractivity contribution in [1.29, 1.82) is 0 Å². The van der Waals surface area contributed by atoms with Crippen LogP contribution >= 0.6 is 11.8 Å². The molecule has 0 saturated heterocycles. The second-order valence-electron chi connectivity index (χ2n) is 4.59. The maximum Gasteiger partial charge on any atom is 0.0278 e. The van der Waals surface area contributed by atoms with Crippen molar-refractivity contribution >= 4 is 11.8 Å². The van der Waals surface area contributed by atoms with Crippen LogP contribution in [0.3, 0.4) is 0 Å². The van der Waals surface area contributed by atoms with Crippen LogP contribution in [0.25, 0.3) is 0 Å². The smallest absolute Gasteiger partial charge is 0.0278 e. The van der Waals surface area contributed by atoms with E-state index >= 15 is 0 Å². The molecule has 16 heavy (non-hydrogen) atoms. The molecular formula is C13H20N2S. The highest BCUT2D eigenvalue weighted by molar-refractivity contribution is 8.00. The van der Waals surface area contributed by atoms with Crippen molar-refractivity contribution in [1.82, 2.24) is 4.98 Å². The molecule has 88 valence electrons. The summed E-state index contributed by atoms with van der Waals surface area (Å²) in [7, 11) is 0. The van der Waals surface area contributed by atoms with Crippen LogP contribution in [0, 0.1) is 5.92 Å². The Labute approximate surface area is 102 Å². The average Bonchev–Trinajstić information content (AvgIpc) is 2.33. The molecule has 0 amide bonds. The summed E-state index contributed by atoms with van der Waals surface area (Å²) < 4.78 is 0. The van der Waals surface area contributed by atoms with E-state index in [1.54, 1.807) is 0 Å². The molecule has 3 heteroatoms. The van der Waals surface area contributed by atoms with Gasteiger partial charge >= 0.3 is 0 Å². The average molecular weight is 236 g/mol. The predicted molar refractivity (Wildman–Crippen MR) is 69.5 cm³/mol. The molecule has 2 rings (SSSR count). The van der Waals surface area contributed by atoms with Crippen molar-refractivity contribution < 1.29 is 0 Å². The minimum atomic E-state index is 0.362. The monoisotopic (exact) mass is 236 g/mol.